The van der Waals surface area contributed by atoms with Crippen LogP contribution in [0.2, 0.25) is 0 Å². The summed E-state index contributed by atoms with van der Waals surface area (Å²) in [6, 6.07) is 8.24. The number of ether oxygens (including phenoxy) is 1. The molecule has 1 unspecified atom stereocenters. The molecule has 0 radical (unpaired) electrons. The van der Waals surface area contributed by atoms with Crippen molar-refractivity contribution in [3.05, 3.63) is 29.8 Å². The van der Waals surface area contributed by atoms with Crippen molar-refractivity contribution in [2.75, 3.05) is 27.2 Å². The molecule has 1 rings (SSSR count). The molecular formula is C18H31IN4O2. The van der Waals surface area contributed by atoms with Crippen molar-refractivity contribution in [1.29, 1.82) is 0 Å². The van der Waals surface area contributed by atoms with E-state index in [2.05, 4.69) is 40.0 Å². The largest absolute Gasteiger partial charge is 0.497 e. The molecule has 6 nitrogen and oxygen atoms in total. The second kappa shape index (κ2) is 13.7. The molecule has 3 N–H and O–H groups in total. The molecule has 25 heavy (non-hydrogen) atoms. The Bertz CT molecular complexity index is 520. The molecule has 1 atom stereocenters. The van der Waals surface area contributed by atoms with Crippen molar-refractivity contribution in [1.82, 2.24) is 16.0 Å². The van der Waals surface area contributed by atoms with Crippen LogP contribution in [0.4, 0.5) is 0 Å². The van der Waals surface area contributed by atoms with Crippen molar-refractivity contribution in [2.24, 2.45) is 4.99 Å². The number of rotatable bonds is 9. The van der Waals surface area contributed by atoms with E-state index in [1.165, 1.54) is 5.56 Å². The predicted octanol–water partition coefficient (Wildman–Crippen LogP) is 2.33. The average molecular weight is 462 g/mol. The summed E-state index contributed by atoms with van der Waals surface area (Å²) >= 11 is 0. The first-order valence-corrected chi connectivity index (χ1v) is 8.45. The highest BCUT2D eigenvalue weighted by molar-refractivity contribution is 14.0. The van der Waals surface area contributed by atoms with Gasteiger partial charge in [0.25, 0.3) is 0 Å². The van der Waals surface area contributed by atoms with Gasteiger partial charge in [-0.3, -0.25) is 9.79 Å². The smallest absolute Gasteiger partial charge is 0.221 e. The number of benzene rings is 1. The van der Waals surface area contributed by atoms with E-state index in [0.717, 1.165) is 25.1 Å². The van der Waals surface area contributed by atoms with Gasteiger partial charge in [0.2, 0.25) is 5.91 Å². The van der Waals surface area contributed by atoms with Crippen LogP contribution in [-0.2, 0) is 11.2 Å². The number of guanidine groups is 1. The van der Waals surface area contributed by atoms with Crippen molar-refractivity contribution in [2.45, 2.75) is 39.2 Å². The quantitative estimate of drug-likeness (QED) is 0.299. The Kier molecular flexibility index (Phi) is 12.9. The lowest BCUT2D eigenvalue weighted by Crippen LogP contribution is -2.41. The van der Waals surface area contributed by atoms with E-state index in [9.17, 15) is 4.79 Å². The molecule has 0 fully saturated rings. The lowest BCUT2D eigenvalue weighted by molar-refractivity contribution is -0.121. The van der Waals surface area contributed by atoms with Gasteiger partial charge in [-0.05, 0) is 37.5 Å². The molecule has 1 amide bonds. The second-order valence-electron chi connectivity index (χ2n) is 5.65. The minimum absolute atomic E-state index is 0. The number of methoxy groups -OCH3 is 1. The van der Waals surface area contributed by atoms with Gasteiger partial charge in [0.15, 0.2) is 5.96 Å². The molecule has 142 valence electrons. The monoisotopic (exact) mass is 462 g/mol. The Balaban J connectivity index is 0.00000576. The summed E-state index contributed by atoms with van der Waals surface area (Å²) in [4.78, 5) is 15.9. The van der Waals surface area contributed by atoms with Gasteiger partial charge in [-0.25, -0.2) is 0 Å². The summed E-state index contributed by atoms with van der Waals surface area (Å²) in [6.07, 6.45) is 2.26. The Morgan fingerprint density at radius 1 is 1.20 bits per heavy atom. The Labute approximate surface area is 168 Å². The standard InChI is InChI=1S/C18H30N4O2.HI/c1-5-14(2)22-17(23)11-13-21-18(19-3)20-12-10-15-6-8-16(24-4)9-7-15;/h6-9,14H,5,10-13H2,1-4H3,(H,22,23)(H2,19,20,21);1H. The van der Waals surface area contributed by atoms with E-state index in [1.807, 2.05) is 19.1 Å². The number of nitrogens with zero attached hydrogens (tertiary/aromatic N) is 1. The Morgan fingerprint density at radius 3 is 2.40 bits per heavy atom. The molecule has 0 saturated heterocycles. The number of carbonyl (C=O) groups excluding carboxylic acids is 1. The Hall–Kier alpha value is -1.51. The first-order chi connectivity index (χ1) is 11.6. The third-order valence-electron chi connectivity index (χ3n) is 3.75. The molecular weight excluding hydrogens is 431 g/mol. The summed E-state index contributed by atoms with van der Waals surface area (Å²) in [5, 5.41) is 9.35. The summed E-state index contributed by atoms with van der Waals surface area (Å²) in [5.74, 6) is 1.63. The highest BCUT2D eigenvalue weighted by Crippen LogP contribution is 2.11. The van der Waals surface area contributed by atoms with E-state index in [4.69, 9.17) is 4.74 Å². The van der Waals surface area contributed by atoms with E-state index < -0.39 is 0 Å². The van der Waals surface area contributed by atoms with Crippen LogP contribution in [0.5, 0.6) is 5.75 Å². The molecule has 7 heteroatoms. The first kappa shape index (κ1) is 23.5. The summed E-state index contributed by atoms with van der Waals surface area (Å²) in [5.41, 5.74) is 1.23. The molecule has 0 aliphatic heterocycles. The first-order valence-electron chi connectivity index (χ1n) is 8.45. The van der Waals surface area contributed by atoms with E-state index in [0.29, 0.717) is 18.9 Å². The van der Waals surface area contributed by atoms with Crippen molar-refractivity contribution >= 4 is 35.8 Å². The van der Waals surface area contributed by atoms with Crippen LogP contribution in [0.15, 0.2) is 29.3 Å². The number of hydrogen-bond donors (Lipinski definition) is 3. The maximum atomic E-state index is 11.7. The maximum absolute atomic E-state index is 11.7. The minimum atomic E-state index is 0. The van der Waals surface area contributed by atoms with Crippen molar-refractivity contribution in [3.8, 4) is 5.75 Å². The van der Waals surface area contributed by atoms with Crippen LogP contribution in [0.25, 0.3) is 0 Å². The van der Waals surface area contributed by atoms with Gasteiger partial charge in [0.05, 0.1) is 7.11 Å². The predicted molar refractivity (Wildman–Crippen MR) is 114 cm³/mol. The number of hydrogen-bond acceptors (Lipinski definition) is 3. The summed E-state index contributed by atoms with van der Waals surface area (Å²) < 4.78 is 5.15. The molecule has 0 heterocycles. The van der Waals surface area contributed by atoms with Gasteiger partial charge in [-0.15, -0.1) is 24.0 Å². The van der Waals surface area contributed by atoms with Crippen LogP contribution in [0, 0.1) is 0 Å². The number of halogens is 1. The van der Waals surface area contributed by atoms with Crippen LogP contribution < -0.4 is 20.7 Å². The fourth-order valence-corrected chi connectivity index (χ4v) is 2.08. The molecule has 1 aromatic rings. The molecule has 0 saturated carbocycles. The zero-order valence-electron chi connectivity index (χ0n) is 15.6. The molecule has 0 aliphatic rings. The van der Waals surface area contributed by atoms with Gasteiger partial charge < -0.3 is 20.7 Å². The Morgan fingerprint density at radius 2 is 1.84 bits per heavy atom. The summed E-state index contributed by atoms with van der Waals surface area (Å²) in [7, 11) is 3.39. The van der Waals surface area contributed by atoms with Gasteiger partial charge in [0.1, 0.15) is 5.75 Å². The number of nitrogens with one attached hydrogen (secondary N) is 3. The molecule has 0 spiro atoms. The van der Waals surface area contributed by atoms with Gasteiger partial charge in [-0.1, -0.05) is 19.1 Å². The van der Waals surface area contributed by atoms with E-state index in [1.54, 1.807) is 14.2 Å². The zero-order chi connectivity index (χ0) is 17.8. The van der Waals surface area contributed by atoms with Crippen LogP contribution in [0.1, 0.15) is 32.3 Å². The van der Waals surface area contributed by atoms with E-state index >= 15 is 0 Å². The average Bonchev–Trinajstić information content (AvgIpc) is 2.60. The minimum Gasteiger partial charge on any atom is -0.497 e. The topological polar surface area (TPSA) is 74.8 Å². The second-order valence-corrected chi connectivity index (χ2v) is 5.65. The third-order valence-corrected chi connectivity index (χ3v) is 3.75. The van der Waals surface area contributed by atoms with Crippen molar-refractivity contribution in [3.63, 3.8) is 0 Å². The number of aliphatic imine (C=N–C) groups is 1. The fraction of sp³-hybridized carbons (Fsp3) is 0.556. The highest BCUT2D eigenvalue weighted by Gasteiger charge is 2.05. The molecule has 0 aliphatic carbocycles. The van der Waals surface area contributed by atoms with Crippen molar-refractivity contribution < 1.29 is 9.53 Å². The highest BCUT2D eigenvalue weighted by atomic mass is 127. The van der Waals surface area contributed by atoms with Crippen LogP contribution >= 0.6 is 24.0 Å². The SMILES string of the molecule is CCC(C)NC(=O)CCNC(=NC)NCCc1ccc(OC)cc1.I. The number of amides is 1. The molecule has 1 aromatic carbocycles. The van der Waals surface area contributed by atoms with Gasteiger partial charge >= 0.3 is 0 Å². The molecule has 0 bridgehead atoms. The third kappa shape index (κ3) is 10.2. The van der Waals surface area contributed by atoms with Crippen LogP contribution in [0.3, 0.4) is 0 Å². The molecule has 0 aromatic heterocycles. The maximum Gasteiger partial charge on any atom is 0.221 e. The van der Waals surface area contributed by atoms with Gasteiger partial charge in [0, 0.05) is 32.6 Å². The number of carbonyl (C=O) groups is 1. The normalized spacial score (nSPS) is 11.9. The van der Waals surface area contributed by atoms with E-state index in [-0.39, 0.29) is 35.9 Å². The fourth-order valence-electron chi connectivity index (χ4n) is 2.08. The van der Waals surface area contributed by atoms with Crippen LogP contribution in [-0.4, -0.2) is 45.2 Å². The van der Waals surface area contributed by atoms with Gasteiger partial charge in [-0.2, -0.15) is 0 Å². The summed E-state index contributed by atoms with van der Waals surface area (Å²) in [6.45, 7) is 5.39. The lowest BCUT2D eigenvalue weighted by atomic mass is 10.1. The lowest BCUT2D eigenvalue weighted by Gasteiger charge is -2.14. The zero-order valence-corrected chi connectivity index (χ0v) is 17.9.